The minimum atomic E-state index is -4.16. The van der Waals surface area contributed by atoms with Gasteiger partial charge in [0.05, 0.1) is 28.1 Å². The van der Waals surface area contributed by atoms with Crippen molar-refractivity contribution in [1.29, 1.82) is 0 Å². The molecule has 0 aromatic heterocycles. The van der Waals surface area contributed by atoms with E-state index in [0.717, 1.165) is 18.6 Å². The van der Waals surface area contributed by atoms with E-state index in [1.807, 2.05) is 0 Å². The van der Waals surface area contributed by atoms with Gasteiger partial charge in [-0.05, 0) is 34.5 Å². The van der Waals surface area contributed by atoms with E-state index < -0.39 is 26.7 Å². The van der Waals surface area contributed by atoms with Crippen LogP contribution in [0.25, 0.3) is 0 Å². The molecule has 2 rings (SSSR count). The van der Waals surface area contributed by atoms with Crippen LogP contribution in [0.3, 0.4) is 0 Å². The average Bonchev–Trinajstić information content (AvgIpc) is 2.90. The average molecular weight is 382 g/mol. The van der Waals surface area contributed by atoms with Crippen LogP contribution in [0.15, 0.2) is 21.5 Å². The molecule has 0 saturated carbocycles. The molecule has 1 heterocycles. The fourth-order valence-electron chi connectivity index (χ4n) is 1.91. The Bertz CT molecular complexity index is 658. The zero-order valence-electron chi connectivity index (χ0n) is 10.8. The van der Waals surface area contributed by atoms with Crippen LogP contribution in [-0.2, 0) is 19.5 Å². The molecule has 2 N–H and O–H groups in total. The molecule has 0 aliphatic carbocycles. The zero-order chi connectivity index (χ0) is 15.6. The number of carbonyl (C=O) groups is 1. The Labute approximate surface area is 129 Å². The van der Waals surface area contributed by atoms with Gasteiger partial charge in [-0.15, -0.1) is 0 Å². The summed E-state index contributed by atoms with van der Waals surface area (Å²) in [6.45, 7) is 1.24. The number of nitrogens with two attached hydrogens (primary N) is 1. The number of hydrogen-bond acceptors (Lipinski definition) is 5. The van der Waals surface area contributed by atoms with Gasteiger partial charge in [0.15, 0.2) is 0 Å². The molecule has 1 aliphatic rings. The number of primary sulfonamides is 1. The van der Waals surface area contributed by atoms with Crippen molar-refractivity contribution in [2.75, 3.05) is 19.8 Å². The van der Waals surface area contributed by atoms with E-state index >= 15 is 0 Å². The summed E-state index contributed by atoms with van der Waals surface area (Å²) in [5, 5.41) is 4.98. The van der Waals surface area contributed by atoms with Crippen LogP contribution in [0, 0.1) is 11.7 Å². The number of benzene rings is 1. The van der Waals surface area contributed by atoms with Crippen LogP contribution >= 0.6 is 15.9 Å². The van der Waals surface area contributed by atoms with E-state index in [9.17, 15) is 17.6 Å². The molecule has 1 aliphatic heterocycles. The van der Waals surface area contributed by atoms with E-state index in [-0.39, 0.29) is 22.6 Å². The van der Waals surface area contributed by atoms with Gasteiger partial charge in [-0.1, -0.05) is 0 Å². The number of rotatable bonds is 4. The van der Waals surface area contributed by atoms with E-state index in [4.69, 9.17) is 14.6 Å². The first kappa shape index (κ1) is 16.3. The van der Waals surface area contributed by atoms with E-state index in [1.54, 1.807) is 0 Å². The number of esters is 1. The lowest BCUT2D eigenvalue weighted by Gasteiger charge is -2.11. The molecule has 1 atom stereocenters. The summed E-state index contributed by atoms with van der Waals surface area (Å²) < 4.78 is 46.3. The van der Waals surface area contributed by atoms with Crippen LogP contribution in [0.2, 0.25) is 0 Å². The molecule has 0 spiro atoms. The molecule has 1 aromatic rings. The second kappa shape index (κ2) is 6.39. The lowest BCUT2D eigenvalue weighted by molar-refractivity contribution is 0.0426. The van der Waals surface area contributed by atoms with Crippen molar-refractivity contribution in [3.8, 4) is 0 Å². The minimum absolute atomic E-state index is 0.0963. The SMILES string of the molecule is NS(=O)(=O)c1cc(F)cc(C(=O)OCC2CCOC2)c1Br. The Morgan fingerprint density at radius 3 is 2.81 bits per heavy atom. The lowest BCUT2D eigenvalue weighted by Crippen LogP contribution is -2.18. The lowest BCUT2D eigenvalue weighted by atomic mass is 10.1. The van der Waals surface area contributed by atoms with E-state index in [0.29, 0.717) is 13.2 Å². The topological polar surface area (TPSA) is 95.7 Å². The van der Waals surface area contributed by atoms with Gasteiger partial charge in [0.1, 0.15) is 5.82 Å². The molecule has 116 valence electrons. The van der Waals surface area contributed by atoms with Gasteiger partial charge >= 0.3 is 5.97 Å². The summed E-state index contributed by atoms with van der Waals surface area (Å²) in [4.78, 5) is 11.5. The molecule has 6 nitrogen and oxygen atoms in total. The molecule has 1 fully saturated rings. The summed E-state index contributed by atoms with van der Waals surface area (Å²) in [6, 6.07) is 1.63. The fraction of sp³-hybridized carbons (Fsp3) is 0.417. The number of halogens is 2. The maximum Gasteiger partial charge on any atom is 0.339 e. The van der Waals surface area contributed by atoms with Gasteiger partial charge in [0.25, 0.3) is 0 Å². The third-order valence-electron chi connectivity index (χ3n) is 3.00. The number of carbonyl (C=O) groups excluding carboxylic acids is 1. The quantitative estimate of drug-likeness (QED) is 0.795. The van der Waals surface area contributed by atoms with Crippen LogP contribution in [0.4, 0.5) is 4.39 Å². The summed E-state index contributed by atoms with van der Waals surface area (Å²) in [6.07, 6.45) is 0.778. The molecular formula is C12H13BrFNO5S. The normalized spacial score (nSPS) is 18.7. The molecule has 21 heavy (non-hydrogen) atoms. The molecule has 0 bridgehead atoms. The Kier molecular flexibility index (Phi) is 4.97. The van der Waals surface area contributed by atoms with Crippen LogP contribution in [-0.4, -0.2) is 34.2 Å². The third kappa shape index (κ3) is 4.00. The molecule has 9 heteroatoms. The first-order chi connectivity index (χ1) is 9.79. The maximum atomic E-state index is 13.5. The molecule has 1 saturated heterocycles. The Morgan fingerprint density at radius 2 is 2.24 bits per heavy atom. The summed E-state index contributed by atoms with van der Waals surface area (Å²) in [5.41, 5.74) is -0.224. The Balaban J connectivity index is 2.22. The van der Waals surface area contributed by atoms with Crippen molar-refractivity contribution in [3.63, 3.8) is 0 Å². The first-order valence-electron chi connectivity index (χ1n) is 6.05. The summed E-state index contributed by atoms with van der Waals surface area (Å²) >= 11 is 2.95. The van der Waals surface area contributed by atoms with Gasteiger partial charge in [-0.25, -0.2) is 22.7 Å². The van der Waals surface area contributed by atoms with Crippen molar-refractivity contribution in [3.05, 3.63) is 28.0 Å². The highest BCUT2D eigenvalue weighted by molar-refractivity contribution is 9.10. The summed E-state index contributed by atoms with van der Waals surface area (Å²) in [7, 11) is -4.16. The van der Waals surface area contributed by atoms with Crippen molar-refractivity contribution in [1.82, 2.24) is 0 Å². The second-order valence-corrected chi connectivity index (χ2v) is 6.96. The number of hydrogen-bond donors (Lipinski definition) is 1. The van der Waals surface area contributed by atoms with Crippen molar-refractivity contribution in [2.24, 2.45) is 11.1 Å². The maximum absolute atomic E-state index is 13.5. The Morgan fingerprint density at radius 1 is 1.52 bits per heavy atom. The predicted octanol–water partition coefficient (Wildman–Crippen LogP) is 1.43. The van der Waals surface area contributed by atoms with Crippen LogP contribution in [0.5, 0.6) is 0 Å². The van der Waals surface area contributed by atoms with Crippen molar-refractivity contribution in [2.45, 2.75) is 11.3 Å². The monoisotopic (exact) mass is 381 g/mol. The molecule has 0 radical (unpaired) electrons. The Hall–Kier alpha value is -1.03. The standard InChI is InChI=1S/C12H13BrFNO5S/c13-11-9(3-8(14)4-10(11)21(15,17)18)12(16)20-6-7-1-2-19-5-7/h3-4,7H,1-2,5-6H2,(H2,15,17,18). The van der Waals surface area contributed by atoms with Crippen LogP contribution in [0.1, 0.15) is 16.8 Å². The van der Waals surface area contributed by atoms with Gasteiger partial charge in [0, 0.05) is 12.5 Å². The molecule has 1 aromatic carbocycles. The number of ether oxygens (including phenoxy) is 2. The molecule has 0 amide bonds. The predicted molar refractivity (Wildman–Crippen MR) is 74.7 cm³/mol. The van der Waals surface area contributed by atoms with Gasteiger partial charge in [0.2, 0.25) is 10.0 Å². The smallest absolute Gasteiger partial charge is 0.339 e. The van der Waals surface area contributed by atoms with Crippen molar-refractivity contribution >= 4 is 31.9 Å². The van der Waals surface area contributed by atoms with Gasteiger partial charge in [-0.3, -0.25) is 0 Å². The highest BCUT2D eigenvalue weighted by atomic mass is 79.9. The van der Waals surface area contributed by atoms with E-state index in [1.165, 1.54) is 0 Å². The van der Waals surface area contributed by atoms with Gasteiger partial charge in [-0.2, -0.15) is 0 Å². The van der Waals surface area contributed by atoms with E-state index in [2.05, 4.69) is 15.9 Å². The number of sulfonamides is 1. The third-order valence-corrected chi connectivity index (χ3v) is 5.06. The molecule has 1 unspecified atom stereocenters. The highest BCUT2D eigenvalue weighted by Gasteiger charge is 2.24. The molecular weight excluding hydrogens is 369 g/mol. The second-order valence-electron chi connectivity index (χ2n) is 4.64. The van der Waals surface area contributed by atoms with Crippen molar-refractivity contribution < 1.29 is 27.1 Å². The van der Waals surface area contributed by atoms with Gasteiger partial charge < -0.3 is 9.47 Å². The summed E-state index contributed by atoms with van der Waals surface area (Å²) in [5.74, 6) is -1.62. The zero-order valence-corrected chi connectivity index (χ0v) is 13.2. The fourth-order valence-corrected chi connectivity index (χ4v) is 3.61. The largest absolute Gasteiger partial charge is 0.462 e. The van der Waals surface area contributed by atoms with Crippen LogP contribution < -0.4 is 5.14 Å². The first-order valence-corrected chi connectivity index (χ1v) is 8.39. The highest BCUT2D eigenvalue weighted by Crippen LogP contribution is 2.27. The minimum Gasteiger partial charge on any atom is -0.462 e.